The molecule has 1 unspecified atom stereocenters. The van der Waals surface area contributed by atoms with Gasteiger partial charge in [0.05, 0.1) is 0 Å². The zero-order valence-electron chi connectivity index (χ0n) is 11.3. The molecule has 0 aromatic heterocycles. The molecule has 0 fully saturated rings. The van der Waals surface area contributed by atoms with Gasteiger partial charge in [0.15, 0.2) is 0 Å². The Morgan fingerprint density at radius 2 is 1.72 bits per heavy atom. The Morgan fingerprint density at radius 1 is 1.06 bits per heavy atom. The Labute approximate surface area is 109 Å². The van der Waals surface area contributed by atoms with Gasteiger partial charge in [-0.05, 0) is 49.9 Å². The van der Waals surface area contributed by atoms with Crippen LogP contribution in [0.15, 0.2) is 18.2 Å². The van der Waals surface area contributed by atoms with Crippen molar-refractivity contribution in [3.8, 4) is 0 Å². The minimum atomic E-state index is -0.484. The largest absolute Gasteiger partial charge is 0.314 e. The molecule has 0 heterocycles. The van der Waals surface area contributed by atoms with Crippen LogP contribution in [0.1, 0.15) is 45.1 Å². The first-order valence-corrected chi connectivity index (χ1v) is 6.84. The normalized spacial score (nSPS) is 12.7. The van der Waals surface area contributed by atoms with Gasteiger partial charge in [-0.15, -0.1) is 0 Å². The summed E-state index contributed by atoms with van der Waals surface area (Å²) in [6.07, 6.45) is 5.07. The van der Waals surface area contributed by atoms with E-state index in [4.69, 9.17) is 0 Å². The highest BCUT2D eigenvalue weighted by Gasteiger charge is 2.06. The van der Waals surface area contributed by atoms with Gasteiger partial charge >= 0.3 is 0 Å². The van der Waals surface area contributed by atoms with E-state index in [0.717, 1.165) is 50.3 Å². The summed E-state index contributed by atoms with van der Waals surface area (Å²) in [5, 5.41) is 3.44. The van der Waals surface area contributed by atoms with Gasteiger partial charge < -0.3 is 5.32 Å². The fraction of sp³-hybridized carbons (Fsp3) is 0.600. The van der Waals surface area contributed by atoms with Crippen LogP contribution in [0, 0.1) is 11.6 Å². The molecule has 0 aliphatic rings. The minimum Gasteiger partial charge on any atom is -0.314 e. The van der Waals surface area contributed by atoms with Gasteiger partial charge in [-0.1, -0.05) is 20.3 Å². The fourth-order valence-electron chi connectivity index (χ4n) is 2.29. The van der Waals surface area contributed by atoms with Crippen molar-refractivity contribution < 1.29 is 8.78 Å². The predicted octanol–water partition coefficient (Wildman–Crippen LogP) is 4.07. The van der Waals surface area contributed by atoms with E-state index in [1.165, 1.54) is 12.1 Å². The molecule has 0 amide bonds. The van der Waals surface area contributed by atoms with Gasteiger partial charge in [-0.3, -0.25) is 0 Å². The van der Waals surface area contributed by atoms with Crippen LogP contribution in [0.4, 0.5) is 8.78 Å². The maximum absolute atomic E-state index is 13.0. The van der Waals surface area contributed by atoms with E-state index in [2.05, 4.69) is 19.2 Å². The van der Waals surface area contributed by atoms with E-state index in [1.807, 2.05) is 0 Å². The van der Waals surface area contributed by atoms with E-state index < -0.39 is 11.6 Å². The second-order valence-electron chi connectivity index (χ2n) is 4.71. The molecule has 18 heavy (non-hydrogen) atoms. The Morgan fingerprint density at radius 3 is 2.28 bits per heavy atom. The first-order chi connectivity index (χ1) is 8.65. The summed E-state index contributed by atoms with van der Waals surface area (Å²) in [4.78, 5) is 0. The summed E-state index contributed by atoms with van der Waals surface area (Å²) in [6, 6.07) is 4.29. The van der Waals surface area contributed by atoms with Gasteiger partial charge in [0.1, 0.15) is 11.6 Å². The third-order valence-electron chi connectivity index (χ3n) is 3.07. The number of aryl methyl sites for hydroxylation is 1. The van der Waals surface area contributed by atoms with E-state index in [0.29, 0.717) is 6.04 Å². The van der Waals surface area contributed by atoms with Crippen LogP contribution in [-0.2, 0) is 6.42 Å². The van der Waals surface area contributed by atoms with E-state index in [1.54, 1.807) is 0 Å². The topological polar surface area (TPSA) is 12.0 Å². The van der Waals surface area contributed by atoms with Crippen LogP contribution in [0.25, 0.3) is 0 Å². The first kappa shape index (κ1) is 15.1. The lowest BCUT2D eigenvalue weighted by Gasteiger charge is -2.16. The molecule has 1 rings (SSSR count). The van der Waals surface area contributed by atoms with E-state index >= 15 is 0 Å². The average molecular weight is 255 g/mol. The maximum atomic E-state index is 13.0. The maximum Gasteiger partial charge on any atom is 0.126 e. The molecule has 0 radical (unpaired) electrons. The molecule has 0 saturated heterocycles. The lowest BCUT2D eigenvalue weighted by molar-refractivity contribution is 0.447. The van der Waals surface area contributed by atoms with Crippen molar-refractivity contribution in [2.75, 3.05) is 6.54 Å². The lowest BCUT2D eigenvalue weighted by atomic mass is 10.0. The van der Waals surface area contributed by atoms with Gasteiger partial charge in [0.25, 0.3) is 0 Å². The van der Waals surface area contributed by atoms with Gasteiger partial charge in [-0.2, -0.15) is 0 Å². The molecule has 0 saturated carbocycles. The molecule has 3 heteroatoms. The van der Waals surface area contributed by atoms with Crippen molar-refractivity contribution in [2.45, 2.75) is 52.0 Å². The Kier molecular flexibility index (Phi) is 6.88. The number of nitrogens with one attached hydrogen (secondary N) is 1. The molecule has 0 aliphatic carbocycles. The third-order valence-corrected chi connectivity index (χ3v) is 3.07. The lowest BCUT2D eigenvalue weighted by Crippen LogP contribution is -2.28. The highest BCUT2D eigenvalue weighted by atomic mass is 19.1. The zero-order valence-corrected chi connectivity index (χ0v) is 11.3. The van der Waals surface area contributed by atoms with Crippen molar-refractivity contribution in [1.29, 1.82) is 0 Å². The minimum absolute atomic E-state index is 0.484. The summed E-state index contributed by atoms with van der Waals surface area (Å²) >= 11 is 0. The Balaban J connectivity index is 2.39. The molecule has 0 bridgehead atoms. The number of halogens is 2. The first-order valence-electron chi connectivity index (χ1n) is 6.84. The van der Waals surface area contributed by atoms with Gasteiger partial charge in [0, 0.05) is 12.1 Å². The molecular formula is C15H23F2N. The molecule has 1 N–H and O–H groups in total. The monoisotopic (exact) mass is 255 g/mol. The smallest absolute Gasteiger partial charge is 0.126 e. The molecule has 1 nitrogen and oxygen atoms in total. The van der Waals surface area contributed by atoms with Gasteiger partial charge in [-0.25, -0.2) is 8.78 Å². The van der Waals surface area contributed by atoms with Crippen LogP contribution in [-0.4, -0.2) is 12.6 Å². The van der Waals surface area contributed by atoms with Crippen LogP contribution >= 0.6 is 0 Å². The van der Waals surface area contributed by atoms with Crippen LogP contribution in [0.3, 0.4) is 0 Å². The molecule has 1 aromatic carbocycles. The van der Waals surface area contributed by atoms with Crippen molar-refractivity contribution in [3.63, 3.8) is 0 Å². The summed E-state index contributed by atoms with van der Waals surface area (Å²) in [5.74, 6) is -0.969. The average Bonchev–Trinajstić information content (AvgIpc) is 2.28. The van der Waals surface area contributed by atoms with Crippen molar-refractivity contribution in [3.05, 3.63) is 35.4 Å². The molecular weight excluding hydrogens is 232 g/mol. The second kappa shape index (κ2) is 8.20. The summed E-state index contributed by atoms with van der Waals surface area (Å²) in [5.41, 5.74) is 0.749. The van der Waals surface area contributed by atoms with Crippen molar-refractivity contribution in [1.82, 2.24) is 5.32 Å². The molecule has 0 aliphatic heterocycles. The molecule has 1 atom stereocenters. The highest BCUT2D eigenvalue weighted by molar-refractivity contribution is 5.17. The van der Waals surface area contributed by atoms with Crippen LogP contribution in [0.5, 0.6) is 0 Å². The number of hydrogen-bond acceptors (Lipinski definition) is 1. The standard InChI is InChI=1S/C15H23F2N/c1-3-6-15(18-4-2)8-5-7-12-9-13(16)11-14(17)10-12/h9-11,15,18H,3-8H2,1-2H3. The predicted molar refractivity (Wildman–Crippen MR) is 71.7 cm³/mol. The van der Waals surface area contributed by atoms with Crippen LogP contribution < -0.4 is 5.32 Å². The number of benzene rings is 1. The van der Waals surface area contributed by atoms with E-state index in [-0.39, 0.29) is 0 Å². The second-order valence-corrected chi connectivity index (χ2v) is 4.71. The van der Waals surface area contributed by atoms with Gasteiger partial charge in [0.2, 0.25) is 0 Å². The zero-order chi connectivity index (χ0) is 13.4. The third kappa shape index (κ3) is 5.58. The summed E-state index contributed by atoms with van der Waals surface area (Å²) < 4.78 is 26.0. The number of hydrogen-bond donors (Lipinski definition) is 1. The fourth-order valence-corrected chi connectivity index (χ4v) is 2.29. The summed E-state index contributed by atoms with van der Waals surface area (Å²) in [6.45, 7) is 5.25. The quantitative estimate of drug-likeness (QED) is 0.738. The Hall–Kier alpha value is -0.960. The highest BCUT2D eigenvalue weighted by Crippen LogP contribution is 2.13. The number of rotatable bonds is 8. The van der Waals surface area contributed by atoms with E-state index in [9.17, 15) is 8.78 Å². The van der Waals surface area contributed by atoms with Crippen molar-refractivity contribution in [2.24, 2.45) is 0 Å². The van der Waals surface area contributed by atoms with Crippen LogP contribution in [0.2, 0.25) is 0 Å². The summed E-state index contributed by atoms with van der Waals surface area (Å²) in [7, 11) is 0. The Bertz CT molecular complexity index is 326. The SMILES string of the molecule is CCCC(CCCc1cc(F)cc(F)c1)NCC. The molecule has 0 spiro atoms. The van der Waals surface area contributed by atoms with Crippen molar-refractivity contribution >= 4 is 0 Å². The molecule has 102 valence electrons. The molecule has 1 aromatic rings.